The molecule has 2 atom stereocenters. The van der Waals surface area contributed by atoms with Gasteiger partial charge in [0, 0.05) is 24.8 Å². The van der Waals surface area contributed by atoms with Crippen LogP contribution in [0.5, 0.6) is 5.88 Å². The Morgan fingerprint density at radius 2 is 2.00 bits per heavy atom. The average molecular weight is 400 g/mol. The van der Waals surface area contributed by atoms with E-state index in [0.717, 1.165) is 79.6 Å². The molecule has 3 heterocycles. The molecule has 3 fully saturated rings. The molecule has 1 N–H and O–H groups in total. The van der Waals surface area contributed by atoms with Crippen LogP contribution in [0.1, 0.15) is 56.6 Å². The fraction of sp³-hybridized carbons (Fsp3) is 0.750. The van der Waals surface area contributed by atoms with Gasteiger partial charge in [0.05, 0.1) is 13.0 Å². The third-order valence-corrected chi connectivity index (χ3v) is 7.27. The first-order valence-corrected chi connectivity index (χ1v) is 11.7. The van der Waals surface area contributed by atoms with E-state index in [2.05, 4.69) is 23.3 Å². The van der Waals surface area contributed by atoms with Gasteiger partial charge in [-0.25, -0.2) is 4.98 Å². The Kier molecular flexibility index (Phi) is 6.74. The molecule has 0 spiro atoms. The molecule has 2 saturated heterocycles. The summed E-state index contributed by atoms with van der Waals surface area (Å²) < 4.78 is 5.99. The molecule has 1 amide bonds. The van der Waals surface area contributed by atoms with Gasteiger partial charge in [0.2, 0.25) is 11.8 Å². The van der Waals surface area contributed by atoms with Crippen molar-refractivity contribution in [1.29, 1.82) is 0 Å². The predicted molar refractivity (Wildman–Crippen MR) is 115 cm³/mol. The first-order valence-electron chi connectivity index (χ1n) is 11.7. The minimum Gasteiger partial charge on any atom is -0.477 e. The smallest absolute Gasteiger partial charge is 0.227 e. The van der Waals surface area contributed by atoms with Crippen molar-refractivity contribution in [2.45, 2.75) is 58.8 Å². The standard InChI is InChI=1S/C24H37N3O2/c1-17-5-10-27(11-6-17)23(28)14-19-13-18(2)24(26-16-19)29-12-7-21-15-22(21)20-3-8-25-9-4-20/h13,16-17,20-22,25H,3-12,14-15H2,1-2H3/t21-,22?/m1/s1. The van der Waals surface area contributed by atoms with Crippen LogP contribution in [0.15, 0.2) is 12.3 Å². The molecule has 0 bridgehead atoms. The topological polar surface area (TPSA) is 54.5 Å². The number of ether oxygens (including phenoxy) is 1. The molecule has 5 heteroatoms. The highest BCUT2D eigenvalue weighted by Gasteiger charge is 2.42. The number of carbonyl (C=O) groups excluding carboxylic acids is 1. The highest BCUT2D eigenvalue weighted by molar-refractivity contribution is 5.78. The number of nitrogens with one attached hydrogen (secondary N) is 1. The highest BCUT2D eigenvalue weighted by atomic mass is 16.5. The molecule has 29 heavy (non-hydrogen) atoms. The summed E-state index contributed by atoms with van der Waals surface area (Å²) in [7, 11) is 0. The summed E-state index contributed by atoms with van der Waals surface area (Å²) in [4.78, 5) is 19.1. The number of pyridine rings is 1. The second-order valence-corrected chi connectivity index (χ2v) is 9.59. The second kappa shape index (κ2) is 9.46. The third kappa shape index (κ3) is 5.50. The van der Waals surface area contributed by atoms with Crippen molar-refractivity contribution in [2.24, 2.45) is 23.7 Å². The molecule has 4 rings (SSSR count). The first-order chi connectivity index (χ1) is 14.1. The van der Waals surface area contributed by atoms with Gasteiger partial charge in [-0.15, -0.1) is 0 Å². The van der Waals surface area contributed by atoms with Crippen molar-refractivity contribution < 1.29 is 9.53 Å². The van der Waals surface area contributed by atoms with E-state index >= 15 is 0 Å². The van der Waals surface area contributed by atoms with Crippen molar-refractivity contribution in [3.63, 3.8) is 0 Å². The van der Waals surface area contributed by atoms with Crippen LogP contribution in [-0.4, -0.2) is 48.6 Å². The Balaban J connectivity index is 1.20. The maximum absolute atomic E-state index is 12.5. The molecule has 1 aliphatic carbocycles. The number of rotatable bonds is 7. The van der Waals surface area contributed by atoms with E-state index in [1.165, 1.54) is 32.4 Å². The molecular weight excluding hydrogens is 362 g/mol. The van der Waals surface area contributed by atoms with E-state index in [-0.39, 0.29) is 5.91 Å². The van der Waals surface area contributed by atoms with Crippen molar-refractivity contribution in [3.8, 4) is 5.88 Å². The number of aromatic nitrogens is 1. The number of amides is 1. The summed E-state index contributed by atoms with van der Waals surface area (Å²) in [6.07, 6.45) is 9.73. The van der Waals surface area contributed by atoms with Crippen LogP contribution in [0.25, 0.3) is 0 Å². The lowest BCUT2D eigenvalue weighted by atomic mass is 9.91. The van der Waals surface area contributed by atoms with Gasteiger partial charge < -0.3 is 15.0 Å². The van der Waals surface area contributed by atoms with E-state index in [9.17, 15) is 4.79 Å². The maximum atomic E-state index is 12.5. The molecule has 5 nitrogen and oxygen atoms in total. The Hall–Kier alpha value is -1.62. The zero-order chi connectivity index (χ0) is 20.2. The Morgan fingerprint density at radius 1 is 1.24 bits per heavy atom. The minimum atomic E-state index is 0.226. The van der Waals surface area contributed by atoms with Crippen LogP contribution in [0.2, 0.25) is 0 Å². The lowest BCUT2D eigenvalue weighted by Gasteiger charge is -2.30. The zero-order valence-electron chi connectivity index (χ0n) is 18.2. The van der Waals surface area contributed by atoms with Crippen LogP contribution in [0.3, 0.4) is 0 Å². The van der Waals surface area contributed by atoms with Gasteiger partial charge in [-0.2, -0.15) is 0 Å². The normalized spacial score (nSPS) is 25.8. The van der Waals surface area contributed by atoms with Crippen LogP contribution in [0.4, 0.5) is 0 Å². The third-order valence-electron chi connectivity index (χ3n) is 7.27. The van der Waals surface area contributed by atoms with Gasteiger partial charge in [0.15, 0.2) is 0 Å². The number of hydrogen-bond acceptors (Lipinski definition) is 4. The SMILES string of the molecule is Cc1cc(CC(=O)N2CCC(C)CC2)cnc1OCC[C@@H]1CC1C1CCNCC1. The van der Waals surface area contributed by atoms with Crippen LogP contribution >= 0.6 is 0 Å². The Morgan fingerprint density at radius 3 is 2.72 bits per heavy atom. The van der Waals surface area contributed by atoms with Crippen LogP contribution < -0.4 is 10.1 Å². The summed E-state index contributed by atoms with van der Waals surface area (Å²) in [5.41, 5.74) is 2.03. The zero-order valence-corrected chi connectivity index (χ0v) is 18.2. The average Bonchev–Trinajstić information content (AvgIpc) is 3.50. The molecule has 1 saturated carbocycles. The Bertz CT molecular complexity index is 693. The Labute approximate surface area is 175 Å². The van der Waals surface area contributed by atoms with Crippen molar-refractivity contribution in [1.82, 2.24) is 15.2 Å². The van der Waals surface area contributed by atoms with E-state index in [1.54, 1.807) is 0 Å². The number of piperidine rings is 2. The van der Waals surface area contributed by atoms with E-state index in [1.807, 2.05) is 18.0 Å². The lowest BCUT2D eigenvalue weighted by molar-refractivity contribution is -0.131. The molecule has 160 valence electrons. The number of nitrogens with zero attached hydrogens (tertiary/aromatic N) is 2. The van der Waals surface area contributed by atoms with Gasteiger partial charge in [-0.3, -0.25) is 4.79 Å². The largest absolute Gasteiger partial charge is 0.477 e. The van der Waals surface area contributed by atoms with Crippen molar-refractivity contribution in [2.75, 3.05) is 32.8 Å². The predicted octanol–water partition coefficient (Wildman–Crippen LogP) is 3.60. The van der Waals surface area contributed by atoms with Crippen LogP contribution in [-0.2, 0) is 11.2 Å². The summed E-state index contributed by atoms with van der Waals surface area (Å²) in [6.45, 7) is 9.24. The molecule has 1 aromatic heterocycles. The van der Waals surface area contributed by atoms with Gasteiger partial charge >= 0.3 is 0 Å². The van der Waals surface area contributed by atoms with E-state index in [4.69, 9.17) is 4.74 Å². The molecular formula is C24H37N3O2. The number of likely N-dealkylation sites (tertiary alicyclic amines) is 1. The molecule has 1 unspecified atom stereocenters. The summed E-state index contributed by atoms with van der Waals surface area (Å²) in [6, 6.07) is 2.07. The van der Waals surface area contributed by atoms with Gasteiger partial charge in [-0.1, -0.05) is 6.92 Å². The summed E-state index contributed by atoms with van der Waals surface area (Å²) in [5.74, 6) is 4.41. The van der Waals surface area contributed by atoms with Gasteiger partial charge in [0.1, 0.15) is 0 Å². The van der Waals surface area contributed by atoms with Crippen LogP contribution in [0, 0.1) is 30.6 Å². The monoisotopic (exact) mass is 399 g/mol. The number of carbonyl (C=O) groups is 1. The highest BCUT2D eigenvalue weighted by Crippen LogP contribution is 2.49. The molecule has 0 radical (unpaired) electrons. The first kappa shape index (κ1) is 20.6. The van der Waals surface area contributed by atoms with Crippen molar-refractivity contribution in [3.05, 3.63) is 23.4 Å². The quantitative estimate of drug-likeness (QED) is 0.761. The summed E-state index contributed by atoms with van der Waals surface area (Å²) >= 11 is 0. The minimum absolute atomic E-state index is 0.226. The maximum Gasteiger partial charge on any atom is 0.227 e. The second-order valence-electron chi connectivity index (χ2n) is 9.59. The van der Waals surface area contributed by atoms with E-state index < -0.39 is 0 Å². The van der Waals surface area contributed by atoms with Crippen molar-refractivity contribution >= 4 is 5.91 Å². The number of aryl methyl sites for hydroxylation is 1. The summed E-state index contributed by atoms with van der Waals surface area (Å²) in [5, 5.41) is 3.46. The fourth-order valence-corrected chi connectivity index (χ4v) is 5.17. The molecule has 0 aromatic carbocycles. The van der Waals surface area contributed by atoms with Gasteiger partial charge in [-0.05, 0) is 93.8 Å². The van der Waals surface area contributed by atoms with Gasteiger partial charge in [0.25, 0.3) is 0 Å². The van der Waals surface area contributed by atoms with E-state index in [0.29, 0.717) is 6.42 Å². The lowest BCUT2D eigenvalue weighted by Crippen LogP contribution is -2.38. The fourth-order valence-electron chi connectivity index (χ4n) is 5.17. The number of hydrogen-bond donors (Lipinski definition) is 1. The molecule has 3 aliphatic rings. The molecule has 2 aliphatic heterocycles. The molecule has 1 aromatic rings.